The lowest BCUT2D eigenvalue weighted by Gasteiger charge is -2.46. The van der Waals surface area contributed by atoms with E-state index < -0.39 is 11.7 Å². The molecular formula is C22H23BrN2O5. The van der Waals surface area contributed by atoms with Crippen LogP contribution in [0.15, 0.2) is 46.9 Å². The van der Waals surface area contributed by atoms with Crippen LogP contribution in [0.3, 0.4) is 0 Å². The Morgan fingerprint density at radius 2 is 1.97 bits per heavy atom. The van der Waals surface area contributed by atoms with Gasteiger partial charge in [0.1, 0.15) is 17.1 Å². The molecule has 2 heterocycles. The Kier molecular flexibility index (Phi) is 5.60. The highest BCUT2D eigenvalue weighted by Gasteiger charge is 2.44. The molecule has 2 amide bonds. The van der Waals surface area contributed by atoms with Crippen molar-refractivity contribution in [2.75, 3.05) is 20.2 Å². The molecule has 2 aliphatic rings. The van der Waals surface area contributed by atoms with Crippen molar-refractivity contribution in [3.8, 4) is 11.5 Å². The van der Waals surface area contributed by atoms with Crippen LogP contribution in [0.1, 0.15) is 41.2 Å². The van der Waals surface area contributed by atoms with Gasteiger partial charge in [-0.15, -0.1) is 0 Å². The highest BCUT2D eigenvalue weighted by Crippen LogP contribution is 2.45. The fraction of sp³-hybridized carbons (Fsp3) is 0.364. The molecule has 0 aromatic heterocycles. The summed E-state index contributed by atoms with van der Waals surface area (Å²) in [6.07, 6.45) is 0.822. The average molecular weight is 475 g/mol. The smallest absolute Gasteiger partial charge is 0.407 e. The lowest BCUT2D eigenvalue weighted by Crippen LogP contribution is -2.53. The lowest BCUT2D eigenvalue weighted by molar-refractivity contribution is -0.0205. The maximum absolute atomic E-state index is 13.1. The number of halogens is 1. The quantitative estimate of drug-likeness (QED) is 0.694. The van der Waals surface area contributed by atoms with Crippen LogP contribution >= 0.6 is 15.9 Å². The van der Waals surface area contributed by atoms with E-state index in [9.17, 15) is 14.7 Å². The molecule has 4 rings (SSSR count). The summed E-state index contributed by atoms with van der Waals surface area (Å²) in [6, 6.07) is 12.6. The van der Waals surface area contributed by atoms with Crippen molar-refractivity contribution in [3.63, 3.8) is 0 Å². The normalized spacial score (nSPS) is 19.5. The van der Waals surface area contributed by atoms with E-state index in [1.54, 1.807) is 18.2 Å². The van der Waals surface area contributed by atoms with Crippen LogP contribution in [0, 0.1) is 0 Å². The van der Waals surface area contributed by atoms with Crippen LogP contribution < -0.4 is 14.8 Å². The number of carbonyl (C=O) groups excluding carboxylic acids is 1. The second-order valence-corrected chi connectivity index (χ2v) is 8.58. The number of likely N-dealkylation sites (tertiary alicyclic amines) is 1. The third kappa shape index (κ3) is 3.96. The number of nitrogens with zero attached hydrogens (tertiary/aromatic N) is 1. The van der Waals surface area contributed by atoms with Crippen LogP contribution in [0.4, 0.5) is 4.79 Å². The van der Waals surface area contributed by atoms with E-state index >= 15 is 0 Å². The molecule has 1 atom stereocenters. The van der Waals surface area contributed by atoms with Crippen molar-refractivity contribution >= 4 is 27.9 Å². The van der Waals surface area contributed by atoms with E-state index in [2.05, 4.69) is 21.2 Å². The number of carboxylic acid groups (broad SMARTS) is 1. The highest BCUT2D eigenvalue weighted by molar-refractivity contribution is 9.10. The molecule has 30 heavy (non-hydrogen) atoms. The van der Waals surface area contributed by atoms with Gasteiger partial charge in [-0.2, -0.15) is 0 Å². The van der Waals surface area contributed by atoms with Crippen molar-refractivity contribution in [2.45, 2.75) is 30.9 Å². The minimum Gasteiger partial charge on any atom is -0.496 e. The van der Waals surface area contributed by atoms with Crippen molar-refractivity contribution in [1.82, 2.24) is 10.2 Å². The number of carbonyl (C=O) groups is 2. The fourth-order valence-electron chi connectivity index (χ4n) is 4.25. The molecule has 2 N–H and O–H groups in total. The third-order valence-corrected chi connectivity index (χ3v) is 6.35. The molecule has 0 aliphatic carbocycles. The Bertz CT molecular complexity index is 972. The van der Waals surface area contributed by atoms with E-state index in [4.69, 9.17) is 9.47 Å². The van der Waals surface area contributed by atoms with Crippen molar-refractivity contribution in [3.05, 3.63) is 58.1 Å². The molecule has 0 bridgehead atoms. The number of amides is 2. The van der Waals surface area contributed by atoms with Gasteiger partial charge in [-0.3, -0.25) is 4.79 Å². The predicted octanol–water partition coefficient (Wildman–Crippen LogP) is 4.22. The summed E-state index contributed by atoms with van der Waals surface area (Å²) in [4.78, 5) is 25.8. The number of fused-ring (bicyclic) bond motifs is 1. The van der Waals surface area contributed by atoms with Crippen LogP contribution in [-0.2, 0) is 0 Å². The lowest BCUT2D eigenvalue weighted by atomic mass is 9.80. The SMILES string of the molecule is COc1ccccc1C(=O)NC1CC2(CCN(C(=O)O)CC2)Oc2ccc(Br)cc21. The number of nitrogens with one attached hydrogen (secondary N) is 1. The number of rotatable bonds is 3. The van der Waals surface area contributed by atoms with E-state index in [0.717, 1.165) is 15.8 Å². The summed E-state index contributed by atoms with van der Waals surface area (Å²) in [5, 5.41) is 12.4. The van der Waals surface area contributed by atoms with Gasteiger partial charge >= 0.3 is 6.09 Å². The number of hydrogen-bond donors (Lipinski definition) is 2. The van der Waals surface area contributed by atoms with Gasteiger partial charge in [0.15, 0.2) is 0 Å². The molecule has 0 radical (unpaired) electrons. The van der Waals surface area contributed by atoms with Gasteiger partial charge in [-0.1, -0.05) is 28.1 Å². The maximum atomic E-state index is 13.1. The topological polar surface area (TPSA) is 88.1 Å². The maximum Gasteiger partial charge on any atom is 0.407 e. The Morgan fingerprint density at radius 1 is 1.23 bits per heavy atom. The molecule has 158 valence electrons. The average Bonchev–Trinajstić information content (AvgIpc) is 2.74. The summed E-state index contributed by atoms with van der Waals surface area (Å²) in [5.74, 6) is 1.02. The molecule has 2 aromatic rings. The van der Waals surface area contributed by atoms with Crippen molar-refractivity contribution < 1.29 is 24.2 Å². The first kappa shape index (κ1) is 20.5. The molecule has 1 spiro atoms. The van der Waals surface area contributed by atoms with E-state index in [1.165, 1.54) is 12.0 Å². The number of methoxy groups -OCH3 is 1. The van der Waals surface area contributed by atoms with Gasteiger partial charge in [-0.05, 0) is 30.3 Å². The molecule has 7 nitrogen and oxygen atoms in total. The van der Waals surface area contributed by atoms with Crippen molar-refractivity contribution in [1.29, 1.82) is 0 Å². The minimum absolute atomic E-state index is 0.219. The number of benzene rings is 2. The number of ether oxygens (including phenoxy) is 2. The van der Waals surface area contributed by atoms with Gasteiger partial charge < -0.3 is 24.8 Å². The second-order valence-electron chi connectivity index (χ2n) is 7.67. The van der Waals surface area contributed by atoms with Gasteiger partial charge in [0, 0.05) is 42.4 Å². The molecule has 1 fully saturated rings. The molecule has 1 saturated heterocycles. The first-order valence-electron chi connectivity index (χ1n) is 9.81. The highest BCUT2D eigenvalue weighted by atomic mass is 79.9. The van der Waals surface area contributed by atoms with Gasteiger partial charge in [0.2, 0.25) is 0 Å². The first-order chi connectivity index (χ1) is 14.4. The van der Waals surface area contributed by atoms with Crippen molar-refractivity contribution in [2.24, 2.45) is 0 Å². The van der Waals surface area contributed by atoms with Crippen LogP contribution in [0.5, 0.6) is 11.5 Å². The Hall–Kier alpha value is -2.74. The van der Waals surface area contributed by atoms with Crippen LogP contribution in [0.25, 0.3) is 0 Å². The molecule has 2 aliphatic heterocycles. The molecule has 2 aromatic carbocycles. The number of para-hydroxylation sites is 1. The fourth-order valence-corrected chi connectivity index (χ4v) is 4.63. The third-order valence-electron chi connectivity index (χ3n) is 5.85. The van der Waals surface area contributed by atoms with Gasteiger partial charge in [0.25, 0.3) is 5.91 Å². The Labute approximate surface area is 183 Å². The monoisotopic (exact) mass is 474 g/mol. The number of hydrogen-bond acceptors (Lipinski definition) is 4. The van der Waals surface area contributed by atoms with E-state index in [-0.39, 0.29) is 11.9 Å². The molecule has 0 saturated carbocycles. The van der Waals surface area contributed by atoms with E-state index in [1.807, 2.05) is 24.3 Å². The largest absolute Gasteiger partial charge is 0.496 e. The zero-order chi connectivity index (χ0) is 21.3. The summed E-state index contributed by atoms with van der Waals surface area (Å²) in [6.45, 7) is 0.822. The van der Waals surface area contributed by atoms with Crippen LogP contribution in [-0.4, -0.2) is 47.8 Å². The van der Waals surface area contributed by atoms with Gasteiger partial charge in [-0.25, -0.2) is 4.79 Å². The van der Waals surface area contributed by atoms with Gasteiger partial charge in [0.05, 0.1) is 18.7 Å². The molecule has 8 heteroatoms. The summed E-state index contributed by atoms with van der Waals surface area (Å²) < 4.78 is 12.6. The second kappa shape index (κ2) is 8.18. The summed E-state index contributed by atoms with van der Waals surface area (Å²) in [5.41, 5.74) is 0.864. The Balaban J connectivity index is 1.62. The van der Waals surface area contributed by atoms with Crippen LogP contribution in [0.2, 0.25) is 0 Å². The summed E-state index contributed by atoms with van der Waals surface area (Å²) in [7, 11) is 1.54. The summed E-state index contributed by atoms with van der Waals surface area (Å²) >= 11 is 3.50. The minimum atomic E-state index is -0.911. The number of piperidine rings is 1. The van der Waals surface area contributed by atoms with E-state index in [0.29, 0.717) is 43.7 Å². The zero-order valence-electron chi connectivity index (χ0n) is 16.6. The standard InChI is InChI=1S/C22H23BrN2O5/c1-29-18-5-3-2-4-15(18)20(26)24-17-13-22(8-10-25(11-9-22)21(27)28)30-19-7-6-14(23)12-16(17)19/h2-7,12,17H,8-11,13H2,1H3,(H,24,26)(H,27,28). The zero-order valence-corrected chi connectivity index (χ0v) is 18.1. The Morgan fingerprint density at radius 3 is 2.67 bits per heavy atom. The first-order valence-corrected chi connectivity index (χ1v) is 10.6. The molecule has 1 unspecified atom stereocenters. The predicted molar refractivity (Wildman–Crippen MR) is 114 cm³/mol. The molecular weight excluding hydrogens is 452 g/mol.